The number of nitrogens with two attached hydrogens (primary N) is 1. The van der Waals surface area contributed by atoms with Crippen LogP contribution in [0.15, 0.2) is 21.2 Å². The second kappa shape index (κ2) is 6.47. The molecule has 20 heavy (non-hydrogen) atoms. The zero-order valence-electron chi connectivity index (χ0n) is 11.7. The molecule has 0 radical (unpaired) electrons. The van der Waals surface area contributed by atoms with Crippen LogP contribution in [0.2, 0.25) is 0 Å². The Morgan fingerprint density at radius 1 is 1.65 bits per heavy atom. The third-order valence-electron chi connectivity index (χ3n) is 2.86. The van der Waals surface area contributed by atoms with Gasteiger partial charge in [0, 0.05) is 0 Å². The number of rotatable bonds is 6. The van der Waals surface area contributed by atoms with Crippen LogP contribution in [-0.2, 0) is 16.1 Å². The third kappa shape index (κ3) is 4.02. The van der Waals surface area contributed by atoms with Gasteiger partial charge in [0.25, 0.3) is 0 Å². The highest BCUT2D eigenvalue weighted by atomic mass is 19.1. The van der Waals surface area contributed by atoms with Crippen LogP contribution in [0.1, 0.15) is 25.6 Å². The number of hydrogen-bond acceptors (Lipinski definition) is 6. The minimum absolute atomic E-state index is 0.227. The fraction of sp³-hybridized carbons (Fsp3) is 0.583. The van der Waals surface area contributed by atoms with Crippen molar-refractivity contribution in [1.82, 2.24) is 9.72 Å². The number of methoxy groups -OCH3 is 1. The normalized spacial score (nSPS) is 14.9. The Labute approximate surface area is 115 Å². The van der Waals surface area contributed by atoms with E-state index in [4.69, 9.17) is 5.73 Å². The van der Waals surface area contributed by atoms with Gasteiger partial charge in [-0.05, 0) is 26.7 Å². The topological polar surface area (TPSA) is 100 Å². The maximum absolute atomic E-state index is 13.7. The molecular formula is C12H18FN3O4. The van der Waals surface area contributed by atoms with Gasteiger partial charge in [0.15, 0.2) is 5.82 Å². The molecular weight excluding hydrogens is 269 g/mol. The van der Waals surface area contributed by atoms with Gasteiger partial charge in [0.2, 0.25) is 0 Å². The van der Waals surface area contributed by atoms with Crippen LogP contribution in [0, 0.1) is 6.92 Å². The summed E-state index contributed by atoms with van der Waals surface area (Å²) < 4.78 is 23.7. The van der Waals surface area contributed by atoms with Crippen LogP contribution in [-0.4, -0.2) is 28.3 Å². The molecule has 0 aromatic carbocycles. The van der Waals surface area contributed by atoms with Gasteiger partial charge in [-0.1, -0.05) is 11.2 Å². The summed E-state index contributed by atoms with van der Waals surface area (Å²) >= 11 is 0. The van der Waals surface area contributed by atoms with E-state index in [0.29, 0.717) is 0 Å². The number of allylic oxidation sites excluding steroid dienone is 2. The Bertz CT molecular complexity index is 559. The molecule has 7 nitrogen and oxygen atoms in total. The molecule has 0 bridgehead atoms. The molecule has 0 saturated carbocycles. The number of hydrogen-bond donors (Lipinski definition) is 1. The van der Waals surface area contributed by atoms with E-state index in [2.05, 4.69) is 14.4 Å². The van der Waals surface area contributed by atoms with E-state index >= 15 is 0 Å². The molecule has 1 atom stereocenters. The summed E-state index contributed by atoms with van der Waals surface area (Å²) in [5.74, 6) is -1.52. The Morgan fingerprint density at radius 3 is 2.80 bits per heavy atom. The molecule has 2 N–H and O–H groups in total. The molecule has 0 spiro atoms. The van der Waals surface area contributed by atoms with E-state index in [1.165, 1.54) is 27.0 Å². The molecule has 1 aromatic heterocycles. The van der Waals surface area contributed by atoms with E-state index < -0.39 is 23.1 Å². The standard InChI is InChI=1S/C12H18FN3O4/c1-8-15-20-11(18)16(8)7-9(13)5-4-6-12(2,14)10(17)19-3/h5H,4,6-7,14H2,1-3H3/t12-/m0/s1. The summed E-state index contributed by atoms with van der Waals surface area (Å²) in [5, 5.41) is 3.42. The zero-order valence-corrected chi connectivity index (χ0v) is 11.7. The summed E-state index contributed by atoms with van der Waals surface area (Å²) in [7, 11) is 1.24. The van der Waals surface area contributed by atoms with Gasteiger partial charge in [-0.25, -0.2) is 9.18 Å². The fourth-order valence-corrected chi connectivity index (χ4v) is 1.59. The number of nitrogens with zero attached hydrogens (tertiary/aromatic N) is 2. The number of carbonyl (C=O) groups is 1. The van der Waals surface area contributed by atoms with Gasteiger partial charge < -0.3 is 10.5 Å². The minimum Gasteiger partial charge on any atom is -0.468 e. The molecule has 0 fully saturated rings. The first-order chi connectivity index (χ1) is 9.27. The van der Waals surface area contributed by atoms with Gasteiger partial charge in [0.1, 0.15) is 11.4 Å². The maximum atomic E-state index is 13.7. The van der Waals surface area contributed by atoms with E-state index in [1.54, 1.807) is 0 Å². The molecule has 1 aromatic rings. The third-order valence-corrected chi connectivity index (χ3v) is 2.86. The first kappa shape index (κ1) is 16.1. The van der Waals surface area contributed by atoms with Crippen molar-refractivity contribution in [2.75, 3.05) is 7.11 Å². The molecule has 0 saturated heterocycles. The summed E-state index contributed by atoms with van der Waals surface area (Å²) in [4.78, 5) is 22.5. The van der Waals surface area contributed by atoms with Gasteiger partial charge in [-0.15, -0.1) is 0 Å². The Kier molecular flexibility index (Phi) is 5.20. The van der Waals surface area contributed by atoms with Crippen LogP contribution >= 0.6 is 0 Å². The largest absolute Gasteiger partial charge is 0.468 e. The van der Waals surface area contributed by atoms with Crippen molar-refractivity contribution >= 4 is 5.97 Å². The second-order valence-electron chi connectivity index (χ2n) is 4.68. The Hall–Kier alpha value is -1.96. The van der Waals surface area contributed by atoms with E-state index in [1.807, 2.05) is 0 Å². The summed E-state index contributed by atoms with van der Waals surface area (Å²) in [6.45, 7) is 2.79. The molecule has 1 rings (SSSR count). The molecule has 0 unspecified atom stereocenters. The van der Waals surface area contributed by atoms with Crippen LogP contribution in [0.4, 0.5) is 4.39 Å². The SMILES string of the molecule is COC(=O)[C@@](C)(N)CCC=C(F)Cn1c(C)noc1=O. The molecule has 0 aliphatic rings. The smallest absolute Gasteiger partial charge is 0.441 e. The quantitative estimate of drug-likeness (QED) is 0.772. The van der Waals surface area contributed by atoms with E-state index in [-0.39, 0.29) is 25.2 Å². The summed E-state index contributed by atoms with van der Waals surface area (Å²) in [6, 6.07) is 0. The monoisotopic (exact) mass is 287 g/mol. The Morgan fingerprint density at radius 2 is 2.30 bits per heavy atom. The maximum Gasteiger partial charge on any atom is 0.441 e. The lowest BCUT2D eigenvalue weighted by molar-refractivity contribution is -0.146. The average molecular weight is 287 g/mol. The Balaban J connectivity index is 2.59. The minimum atomic E-state index is -1.17. The molecule has 0 amide bonds. The second-order valence-corrected chi connectivity index (χ2v) is 4.68. The van der Waals surface area contributed by atoms with Crippen molar-refractivity contribution in [2.24, 2.45) is 5.73 Å². The molecule has 8 heteroatoms. The van der Waals surface area contributed by atoms with Crippen molar-refractivity contribution in [3.05, 3.63) is 28.3 Å². The number of esters is 1. The van der Waals surface area contributed by atoms with Crippen LogP contribution < -0.4 is 11.5 Å². The zero-order chi connectivity index (χ0) is 15.3. The molecule has 0 aliphatic carbocycles. The fourth-order valence-electron chi connectivity index (χ4n) is 1.59. The highest BCUT2D eigenvalue weighted by Gasteiger charge is 2.28. The lowest BCUT2D eigenvalue weighted by Crippen LogP contribution is -2.45. The van der Waals surface area contributed by atoms with Crippen LogP contribution in [0.3, 0.4) is 0 Å². The molecule has 112 valence electrons. The lowest BCUT2D eigenvalue weighted by Gasteiger charge is -2.20. The van der Waals surface area contributed by atoms with Gasteiger partial charge in [-0.3, -0.25) is 13.9 Å². The predicted molar refractivity (Wildman–Crippen MR) is 68.5 cm³/mol. The highest BCUT2D eigenvalue weighted by molar-refractivity contribution is 5.79. The number of aryl methyl sites for hydroxylation is 1. The number of carbonyl (C=O) groups excluding carboxylic acids is 1. The van der Waals surface area contributed by atoms with Crippen LogP contribution in [0.25, 0.3) is 0 Å². The van der Waals surface area contributed by atoms with Crippen molar-refractivity contribution in [3.8, 4) is 0 Å². The lowest BCUT2D eigenvalue weighted by atomic mass is 9.97. The number of halogens is 1. The predicted octanol–water partition coefficient (Wildman–Crippen LogP) is 0.669. The van der Waals surface area contributed by atoms with Gasteiger partial charge >= 0.3 is 11.7 Å². The molecule has 0 aliphatic heterocycles. The highest BCUT2D eigenvalue weighted by Crippen LogP contribution is 2.13. The number of aromatic nitrogens is 2. The number of ether oxygens (including phenoxy) is 1. The van der Waals surface area contributed by atoms with Gasteiger partial charge in [0.05, 0.1) is 13.7 Å². The van der Waals surface area contributed by atoms with Crippen molar-refractivity contribution < 1.29 is 18.4 Å². The first-order valence-corrected chi connectivity index (χ1v) is 6.03. The average Bonchev–Trinajstić information content (AvgIpc) is 2.69. The van der Waals surface area contributed by atoms with Crippen molar-refractivity contribution in [2.45, 2.75) is 38.8 Å². The van der Waals surface area contributed by atoms with Crippen LogP contribution in [0.5, 0.6) is 0 Å². The first-order valence-electron chi connectivity index (χ1n) is 6.03. The van der Waals surface area contributed by atoms with E-state index in [9.17, 15) is 14.0 Å². The van der Waals surface area contributed by atoms with Gasteiger partial charge in [-0.2, -0.15) is 0 Å². The summed E-state index contributed by atoms with van der Waals surface area (Å²) in [5.41, 5.74) is 4.56. The summed E-state index contributed by atoms with van der Waals surface area (Å²) in [6.07, 6.45) is 1.74. The van der Waals surface area contributed by atoms with E-state index in [0.717, 1.165) is 4.57 Å². The molecule has 1 heterocycles. The van der Waals surface area contributed by atoms with Crippen molar-refractivity contribution in [3.63, 3.8) is 0 Å². The van der Waals surface area contributed by atoms with Crippen molar-refractivity contribution in [1.29, 1.82) is 0 Å².